The van der Waals surface area contributed by atoms with Gasteiger partial charge in [-0.25, -0.2) is 0 Å². The molecule has 0 spiro atoms. The molecule has 1 saturated carbocycles. The molecule has 1 aromatic heterocycles. The predicted molar refractivity (Wildman–Crippen MR) is 120 cm³/mol. The van der Waals surface area contributed by atoms with Crippen LogP contribution >= 0.6 is 0 Å². The van der Waals surface area contributed by atoms with Crippen LogP contribution in [0.5, 0.6) is 0 Å². The van der Waals surface area contributed by atoms with Crippen molar-refractivity contribution in [1.29, 1.82) is 5.26 Å². The van der Waals surface area contributed by atoms with E-state index in [9.17, 15) is 15.2 Å². The molecule has 32 heavy (non-hydrogen) atoms. The first-order valence-corrected chi connectivity index (χ1v) is 11.6. The Balaban J connectivity index is 1.83. The molecule has 172 valence electrons. The lowest BCUT2D eigenvalue weighted by molar-refractivity contribution is -0.158. The van der Waals surface area contributed by atoms with Crippen LogP contribution in [0.15, 0.2) is 24.3 Å². The highest BCUT2D eigenvalue weighted by Crippen LogP contribution is 2.44. The van der Waals surface area contributed by atoms with Crippen LogP contribution in [0.2, 0.25) is 0 Å². The molecule has 0 radical (unpaired) electrons. The van der Waals surface area contributed by atoms with E-state index < -0.39 is 12.0 Å². The van der Waals surface area contributed by atoms with E-state index in [-0.39, 0.29) is 30.0 Å². The molecule has 7 nitrogen and oxygen atoms in total. The molecule has 0 saturated heterocycles. The van der Waals surface area contributed by atoms with Crippen molar-refractivity contribution in [3.63, 3.8) is 0 Å². The van der Waals surface area contributed by atoms with Gasteiger partial charge in [-0.1, -0.05) is 18.2 Å². The van der Waals surface area contributed by atoms with Crippen molar-refractivity contribution < 1.29 is 19.4 Å². The van der Waals surface area contributed by atoms with Crippen molar-refractivity contribution in [2.75, 3.05) is 20.2 Å². The quantitative estimate of drug-likeness (QED) is 0.561. The Bertz CT molecular complexity index is 995. The third-order valence-electron chi connectivity index (χ3n) is 7.11. The van der Waals surface area contributed by atoms with Gasteiger partial charge in [0.2, 0.25) is 0 Å². The molecule has 0 bridgehead atoms. The number of benzene rings is 1. The summed E-state index contributed by atoms with van der Waals surface area (Å²) in [5.74, 6) is -1.05. The Hall–Kier alpha value is -2.56. The van der Waals surface area contributed by atoms with Crippen LogP contribution in [0.4, 0.5) is 0 Å². The maximum Gasteiger partial charge on any atom is 0.311 e. The van der Waals surface area contributed by atoms with Gasteiger partial charge in [0.1, 0.15) is 0 Å². The Labute approximate surface area is 189 Å². The van der Waals surface area contributed by atoms with Crippen molar-refractivity contribution in [3.8, 4) is 6.19 Å². The van der Waals surface area contributed by atoms with Crippen LogP contribution in [-0.4, -0.2) is 53.4 Å². The summed E-state index contributed by atoms with van der Waals surface area (Å²) < 4.78 is 11.5. The number of rotatable bonds is 3. The number of nitrogens with one attached hydrogen (secondary N) is 1. The number of nitrogens with zero attached hydrogens (tertiary/aromatic N) is 2. The molecule has 4 rings (SSSR count). The topological polar surface area (TPSA) is 98.6 Å². The van der Waals surface area contributed by atoms with Gasteiger partial charge in [0, 0.05) is 29.7 Å². The standard InChI is InChI=1S/C25H33N3O4/c1-15(2)32-22-12-19-16(8-9-21(29)23(19)25(30)31-3)13-28(14-26)11-10-18-17-6-4-5-7-20(17)27-24(18)22/h4-7,15-16,19,21-23,27,29H,8-13H2,1-3H3/t16-,19?,21-,22+,23+/m0/s1. The smallest absolute Gasteiger partial charge is 0.311 e. The first-order chi connectivity index (χ1) is 15.4. The van der Waals surface area contributed by atoms with Crippen molar-refractivity contribution in [2.45, 2.75) is 57.8 Å². The second-order valence-electron chi connectivity index (χ2n) is 9.39. The Kier molecular flexibility index (Phi) is 6.73. The van der Waals surface area contributed by atoms with E-state index in [2.05, 4.69) is 23.3 Å². The van der Waals surface area contributed by atoms with E-state index in [1.54, 1.807) is 4.90 Å². The fraction of sp³-hybridized carbons (Fsp3) is 0.600. The Morgan fingerprint density at radius 3 is 2.81 bits per heavy atom. The molecule has 5 atom stereocenters. The first-order valence-electron chi connectivity index (χ1n) is 11.6. The number of aromatic nitrogens is 1. The van der Waals surface area contributed by atoms with Crippen LogP contribution in [-0.2, 0) is 20.7 Å². The van der Waals surface area contributed by atoms with Crippen LogP contribution in [0.25, 0.3) is 10.9 Å². The number of aliphatic hydroxyl groups excluding tert-OH is 1. The Morgan fingerprint density at radius 1 is 1.31 bits per heavy atom. The summed E-state index contributed by atoms with van der Waals surface area (Å²) in [6.45, 7) is 5.22. The van der Waals surface area contributed by atoms with Crippen molar-refractivity contribution in [1.82, 2.24) is 9.88 Å². The lowest BCUT2D eigenvalue weighted by Crippen LogP contribution is -2.47. The second kappa shape index (κ2) is 9.51. The average Bonchev–Trinajstić information content (AvgIpc) is 3.15. The molecule has 7 heteroatoms. The highest BCUT2D eigenvalue weighted by Gasteiger charge is 2.46. The molecule has 2 N–H and O–H groups in total. The van der Waals surface area contributed by atoms with E-state index in [0.29, 0.717) is 25.9 Å². The summed E-state index contributed by atoms with van der Waals surface area (Å²) in [5.41, 5.74) is 3.22. The number of hydrogen-bond acceptors (Lipinski definition) is 6. The molecule has 1 fully saturated rings. The number of carbonyl (C=O) groups excluding carboxylic acids is 1. The number of nitriles is 1. The van der Waals surface area contributed by atoms with E-state index >= 15 is 0 Å². The van der Waals surface area contributed by atoms with Crippen molar-refractivity contribution in [2.24, 2.45) is 17.8 Å². The summed E-state index contributed by atoms with van der Waals surface area (Å²) >= 11 is 0. The van der Waals surface area contributed by atoms with Crippen LogP contribution in [0.1, 0.15) is 50.5 Å². The van der Waals surface area contributed by atoms with Crippen LogP contribution in [0, 0.1) is 29.2 Å². The van der Waals surface area contributed by atoms with Gasteiger partial charge in [0.15, 0.2) is 6.19 Å². The number of para-hydroxylation sites is 1. The summed E-state index contributed by atoms with van der Waals surface area (Å²) in [7, 11) is 1.37. The number of esters is 1. The Morgan fingerprint density at radius 2 is 2.09 bits per heavy atom. The number of methoxy groups -OCH3 is 1. The number of aliphatic hydroxyl groups is 1. The van der Waals surface area contributed by atoms with Crippen LogP contribution in [0.3, 0.4) is 0 Å². The fourth-order valence-electron chi connectivity index (χ4n) is 5.68. The SMILES string of the molecule is COC(=O)[C@@H]1C2C[C@@H](OC(C)C)c3[nH]c4ccccc4c3CCN(C#N)C[C@@H]2CC[C@@H]1O. The molecular formula is C25H33N3O4. The van der Waals surface area contributed by atoms with Gasteiger partial charge < -0.3 is 24.5 Å². The lowest BCUT2D eigenvalue weighted by atomic mass is 9.67. The zero-order valence-corrected chi connectivity index (χ0v) is 19.1. The maximum atomic E-state index is 12.7. The fourth-order valence-corrected chi connectivity index (χ4v) is 5.68. The third kappa shape index (κ3) is 4.35. The summed E-state index contributed by atoms with van der Waals surface area (Å²) in [6.07, 6.45) is 3.99. The largest absolute Gasteiger partial charge is 0.469 e. The number of H-pyrrole nitrogens is 1. The van der Waals surface area contributed by atoms with Gasteiger partial charge in [0.25, 0.3) is 0 Å². The number of hydrogen-bond donors (Lipinski definition) is 2. The maximum absolute atomic E-state index is 12.7. The number of aromatic amines is 1. The molecular weight excluding hydrogens is 406 g/mol. The van der Waals surface area contributed by atoms with Gasteiger partial charge in [-0.15, -0.1) is 0 Å². The molecule has 2 aliphatic rings. The molecule has 1 aliphatic carbocycles. The lowest BCUT2D eigenvalue weighted by Gasteiger charge is -2.43. The number of carbonyl (C=O) groups is 1. The number of fused-ring (bicyclic) bond motifs is 4. The van der Waals surface area contributed by atoms with Gasteiger partial charge in [-0.2, -0.15) is 5.26 Å². The van der Waals surface area contributed by atoms with Crippen LogP contribution < -0.4 is 0 Å². The second-order valence-corrected chi connectivity index (χ2v) is 9.39. The van der Waals surface area contributed by atoms with E-state index in [1.165, 1.54) is 7.11 Å². The highest BCUT2D eigenvalue weighted by molar-refractivity contribution is 5.84. The minimum Gasteiger partial charge on any atom is -0.469 e. The molecule has 2 heterocycles. The van der Waals surface area contributed by atoms with Gasteiger partial charge in [-0.05, 0) is 63.0 Å². The molecule has 1 unspecified atom stereocenters. The van der Waals surface area contributed by atoms with Gasteiger partial charge >= 0.3 is 5.97 Å². The molecule has 1 aromatic carbocycles. The minimum absolute atomic E-state index is 0.00125. The van der Waals surface area contributed by atoms with E-state index in [4.69, 9.17) is 9.47 Å². The zero-order valence-electron chi connectivity index (χ0n) is 19.1. The minimum atomic E-state index is -0.746. The first kappa shape index (κ1) is 22.6. The van der Waals surface area contributed by atoms with E-state index in [1.807, 2.05) is 26.0 Å². The predicted octanol–water partition coefficient (Wildman–Crippen LogP) is 3.54. The molecule has 0 amide bonds. The van der Waals surface area contributed by atoms with Crippen molar-refractivity contribution in [3.05, 3.63) is 35.5 Å². The third-order valence-corrected chi connectivity index (χ3v) is 7.11. The number of ether oxygens (including phenoxy) is 2. The van der Waals surface area contributed by atoms with Gasteiger partial charge in [-0.3, -0.25) is 4.79 Å². The normalized spacial score (nSPS) is 28.6. The zero-order chi connectivity index (χ0) is 22.8. The molecule has 2 aromatic rings. The van der Waals surface area contributed by atoms with Crippen molar-refractivity contribution >= 4 is 16.9 Å². The van der Waals surface area contributed by atoms with Gasteiger partial charge in [0.05, 0.1) is 31.3 Å². The summed E-state index contributed by atoms with van der Waals surface area (Å²) in [6, 6.07) is 8.19. The monoisotopic (exact) mass is 439 g/mol. The average molecular weight is 440 g/mol. The van der Waals surface area contributed by atoms with E-state index in [0.717, 1.165) is 35.0 Å². The summed E-state index contributed by atoms with van der Waals surface area (Å²) in [4.78, 5) is 18.1. The highest BCUT2D eigenvalue weighted by atomic mass is 16.5. The summed E-state index contributed by atoms with van der Waals surface area (Å²) in [5, 5.41) is 21.7. The molecule has 1 aliphatic heterocycles.